The Morgan fingerprint density at radius 3 is 2.93 bits per heavy atom. The number of aldehydes is 1. The molecule has 14 heavy (non-hydrogen) atoms. The number of hydrogen-bond donors (Lipinski definition) is 2. The normalized spacial score (nSPS) is 21.3. The summed E-state index contributed by atoms with van der Waals surface area (Å²) >= 11 is 0. The Bertz CT molecular complexity index is 368. The van der Waals surface area contributed by atoms with E-state index in [1.54, 1.807) is 6.33 Å². The molecule has 0 saturated heterocycles. The maximum absolute atomic E-state index is 10.8. The first-order chi connectivity index (χ1) is 6.74. The molecule has 2 heterocycles. The van der Waals surface area contributed by atoms with Crippen LogP contribution < -0.4 is 5.32 Å². The van der Waals surface area contributed by atoms with Gasteiger partial charge in [-0.2, -0.15) is 0 Å². The molecule has 0 bridgehead atoms. The van der Waals surface area contributed by atoms with Crippen molar-refractivity contribution in [3.05, 3.63) is 29.6 Å². The van der Waals surface area contributed by atoms with Crippen molar-refractivity contribution in [1.29, 1.82) is 0 Å². The molecule has 74 valence electrons. The zero-order chi connectivity index (χ0) is 10.1. The third-order valence-corrected chi connectivity index (χ3v) is 2.42. The van der Waals surface area contributed by atoms with Crippen molar-refractivity contribution in [2.24, 2.45) is 0 Å². The lowest BCUT2D eigenvalue weighted by Crippen LogP contribution is -2.26. The highest BCUT2D eigenvalue weighted by molar-refractivity contribution is 5.74. The van der Waals surface area contributed by atoms with Crippen LogP contribution in [0.15, 0.2) is 23.9 Å². The number of H-pyrrole nitrogens is 1. The summed E-state index contributed by atoms with van der Waals surface area (Å²) < 4.78 is 0. The lowest BCUT2D eigenvalue weighted by Gasteiger charge is -2.20. The number of carbonyl (C=O) groups is 1. The number of nitrogens with zero attached hydrogens (tertiary/aromatic N) is 2. The quantitative estimate of drug-likeness (QED) is 0.665. The highest BCUT2D eigenvalue weighted by Gasteiger charge is 2.28. The molecule has 5 heteroatoms. The van der Waals surface area contributed by atoms with E-state index in [1.165, 1.54) is 0 Å². The van der Waals surface area contributed by atoms with Crippen LogP contribution in [0.1, 0.15) is 18.8 Å². The summed E-state index contributed by atoms with van der Waals surface area (Å²) in [4.78, 5) is 19.7. The van der Waals surface area contributed by atoms with E-state index >= 15 is 0 Å². The SMILES string of the molecule is CC1=C(C=O)N(C)C(c2c[nH]cn2)N1. The number of aromatic amines is 1. The number of likely N-dealkylation sites (N-methyl/N-ethyl adjacent to an activating group) is 1. The predicted octanol–water partition coefficient (Wildman–Crippen LogP) is 0.374. The lowest BCUT2D eigenvalue weighted by atomic mass is 10.3. The van der Waals surface area contributed by atoms with Crippen molar-refractivity contribution in [3.63, 3.8) is 0 Å². The maximum atomic E-state index is 10.8. The van der Waals surface area contributed by atoms with Gasteiger partial charge < -0.3 is 15.2 Å². The second-order valence-electron chi connectivity index (χ2n) is 3.28. The van der Waals surface area contributed by atoms with Gasteiger partial charge in [0.1, 0.15) is 11.9 Å². The van der Waals surface area contributed by atoms with E-state index in [-0.39, 0.29) is 6.17 Å². The van der Waals surface area contributed by atoms with Gasteiger partial charge in [-0.1, -0.05) is 0 Å². The molecule has 2 rings (SSSR count). The van der Waals surface area contributed by atoms with Gasteiger partial charge in [0.25, 0.3) is 0 Å². The Kier molecular flexibility index (Phi) is 1.99. The van der Waals surface area contributed by atoms with E-state index in [0.29, 0.717) is 5.70 Å². The Morgan fingerprint density at radius 1 is 1.64 bits per heavy atom. The molecule has 2 N–H and O–H groups in total. The Balaban J connectivity index is 2.26. The highest BCUT2D eigenvalue weighted by Crippen LogP contribution is 2.26. The molecule has 0 amide bonds. The zero-order valence-corrected chi connectivity index (χ0v) is 8.11. The van der Waals surface area contributed by atoms with Gasteiger partial charge in [-0.15, -0.1) is 0 Å². The molecule has 1 atom stereocenters. The van der Waals surface area contributed by atoms with Gasteiger partial charge in [0, 0.05) is 18.9 Å². The molecule has 1 aromatic heterocycles. The molecular formula is C9H12N4O. The van der Waals surface area contributed by atoms with Crippen molar-refractivity contribution in [2.75, 3.05) is 7.05 Å². The van der Waals surface area contributed by atoms with Crippen LogP contribution in [-0.2, 0) is 4.79 Å². The summed E-state index contributed by atoms with van der Waals surface area (Å²) in [5.41, 5.74) is 2.44. The third kappa shape index (κ3) is 1.17. The van der Waals surface area contributed by atoms with Gasteiger partial charge in [0.05, 0.1) is 12.0 Å². The van der Waals surface area contributed by atoms with Gasteiger partial charge in [0.15, 0.2) is 6.29 Å². The molecule has 5 nitrogen and oxygen atoms in total. The van der Waals surface area contributed by atoms with Gasteiger partial charge in [-0.25, -0.2) is 4.98 Å². The van der Waals surface area contributed by atoms with E-state index in [2.05, 4.69) is 15.3 Å². The molecule has 1 aromatic rings. The van der Waals surface area contributed by atoms with Crippen LogP contribution in [-0.4, -0.2) is 28.2 Å². The standard InChI is InChI=1S/C9H12N4O/c1-6-8(4-14)13(2)9(12-6)7-3-10-5-11-7/h3-5,9,12H,1-2H3,(H,10,11). The largest absolute Gasteiger partial charge is 0.362 e. The Morgan fingerprint density at radius 2 is 2.43 bits per heavy atom. The fourth-order valence-corrected chi connectivity index (χ4v) is 1.64. The fourth-order valence-electron chi connectivity index (χ4n) is 1.64. The molecule has 1 unspecified atom stereocenters. The van der Waals surface area contributed by atoms with Crippen LogP contribution in [0.5, 0.6) is 0 Å². The Hall–Kier alpha value is -1.78. The summed E-state index contributed by atoms with van der Waals surface area (Å²) in [5, 5.41) is 3.20. The summed E-state index contributed by atoms with van der Waals surface area (Å²) in [7, 11) is 1.87. The van der Waals surface area contributed by atoms with Gasteiger partial charge in [-0.3, -0.25) is 4.79 Å². The minimum Gasteiger partial charge on any atom is -0.362 e. The number of carbonyl (C=O) groups excluding carboxylic acids is 1. The summed E-state index contributed by atoms with van der Waals surface area (Å²) in [6.45, 7) is 1.88. The van der Waals surface area contributed by atoms with Crippen LogP contribution in [0.25, 0.3) is 0 Å². The Labute approximate surface area is 81.8 Å². The first-order valence-electron chi connectivity index (χ1n) is 4.38. The average molecular weight is 192 g/mol. The van der Waals surface area contributed by atoms with Crippen molar-refractivity contribution in [1.82, 2.24) is 20.2 Å². The van der Waals surface area contributed by atoms with Crippen LogP contribution in [0, 0.1) is 0 Å². The molecule has 0 saturated carbocycles. The smallest absolute Gasteiger partial charge is 0.167 e. The molecular weight excluding hydrogens is 180 g/mol. The number of allylic oxidation sites excluding steroid dienone is 2. The first kappa shape index (κ1) is 8.80. The van der Waals surface area contributed by atoms with Gasteiger partial charge in [-0.05, 0) is 6.92 Å². The zero-order valence-electron chi connectivity index (χ0n) is 8.11. The van der Waals surface area contributed by atoms with Gasteiger partial charge in [0.2, 0.25) is 0 Å². The molecule has 0 aromatic carbocycles. The van der Waals surface area contributed by atoms with E-state index in [9.17, 15) is 4.79 Å². The monoisotopic (exact) mass is 192 g/mol. The van der Waals surface area contributed by atoms with Crippen LogP contribution in [0.2, 0.25) is 0 Å². The van der Waals surface area contributed by atoms with E-state index in [4.69, 9.17) is 0 Å². The number of aromatic nitrogens is 2. The molecule has 0 radical (unpaired) electrons. The van der Waals surface area contributed by atoms with Crippen LogP contribution in [0.3, 0.4) is 0 Å². The first-order valence-corrected chi connectivity index (χ1v) is 4.38. The summed E-state index contributed by atoms with van der Waals surface area (Å²) in [6, 6.07) is 0. The minimum atomic E-state index is -0.0403. The van der Waals surface area contributed by atoms with Crippen molar-refractivity contribution in [3.8, 4) is 0 Å². The highest BCUT2D eigenvalue weighted by atomic mass is 16.1. The molecule has 1 aliphatic rings. The second kappa shape index (κ2) is 3.17. The van der Waals surface area contributed by atoms with E-state index in [1.807, 2.05) is 25.1 Å². The summed E-state index contributed by atoms with van der Waals surface area (Å²) in [5.74, 6) is 0. The van der Waals surface area contributed by atoms with Crippen molar-refractivity contribution >= 4 is 6.29 Å². The molecule has 0 spiro atoms. The number of nitrogens with one attached hydrogen (secondary N) is 2. The predicted molar refractivity (Wildman–Crippen MR) is 51.0 cm³/mol. The average Bonchev–Trinajstić information content (AvgIpc) is 2.74. The number of rotatable bonds is 2. The lowest BCUT2D eigenvalue weighted by molar-refractivity contribution is -0.106. The topological polar surface area (TPSA) is 61.0 Å². The fraction of sp³-hybridized carbons (Fsp3) is 0.333. The van der Waals surface area contributed by atoms with Crippen molar-refractivity contribution < 1.29 is 4.79 Å². The molecule has 0 aliphatic carbocycles. The second-order valence-corrected chi connectivity index (χ2v) is 3.28. The molecule has 0 fully saturated rings. The van der Waals surface area contributed by atoms with E-state index in [0.717, 1.165) is 17.7 Å². The van der Waals surface area contributed by atoms with Gasteiger partial charge >= 0.3 is 0 Å². The van der Waals surface area contributed by atoms with Crippen LogP contribution >= 0.6 is 0 Å². The van der Waals surface area contributed by atoms with E-state index < -0.39 is 0 Å². The maximum Gasteiger partial charge on any atom is 0.167 e. The number of hydrogen-bond acceptors (Lipinski definition) is 4. The molecule has 1 aliphatic heterocycles. The minimum absolute atomic E-state index is 0.0403. The third-order valence-electron chi connectivity index (χ3n) is 2.42. The number of imidazole rings is 1. The summed E-state index contributed by atoms with van der Waals surface area (Å²) in [6.07, 6.45) is 4.25. The van der Waals surface area contributed by atoms with Crippen LogP contribution in [0.4, 0.5) is 0 Å². The van der Waals surface area contributed by atoms with Crippen molar-refractivity contribution in [2.45, 2.75) is 13.1 Å².